The molecule has 1 heterocycles. The van der Waals surface area contributed by atoms with Gasteiger partial charge in [-0.3, -0.25) is 4.79 Å². The Balaban J connectivity index is 0.00000341. The fraction of sp³-hybridized carbons (Fsp3) is 0.476. The van der Waals surface area contributed by atoms with Gasteiger partial charge in [0.2, 0.25) is 0 Å². The summed E-state index contributed by atoms with van der Waals surface area (Å²) in [6, 6.07) is 6.56. The summed E-state index contributed by atoms with van der Waals surface area (Å²) in [5.74, 6) is 1.81. The van der Waals surface area contributed by atoms with Gasteiger partial charge in [0.25, 0.3) is 5.91 Å². The fourth-order valence-electron chi connectivity index (χ4n) is 3.55. The molecule has 1 aliphatic carbocycles. The molecule has 10 heteroatoms. The third-order valence-corrected chi connectivity index (χ3v) is 5.15. The second-order valence-corrected chi connectivity index (χ2v) is 7.80. The van der Waals surface area contributed by atoms with Gasteiger partial charge in [0.1, 0.15) is 17.5 Å². The van der Waals surface area contributed by atoms with E-state index in [0.29, 0.717) is 5.82 Å². The highest BCUT2D eigenvalue weighted by Gasteiger charge is 2.31. The van der Waals surface area contributed by atoms with Crippen LogP contribution in [0.2, 0.25) is 0 Å². The fourth-order valence-corrected chi connectivity index (χ4v) is 3.55. The van der Waals surface area contributed by atoms with Crippen molar-refractivity contribution >= 4 is 29.9 Å². The summed E-state index contributed by atoms with van der Waals surface area (Å²) in [5, 5.41) is 6.30. The highest BCUT2D eigenvalue weighted by Crippen LogP contribution is 2.30. The summed E-state index contributed by atoms with van der Waals surface area (Å²) in [6.07, 6.45) is -1.33. The van der Waals surface area contributed by atoms with Gasteiger partial charge in [0, 0.05) is 37.8 Å². The van der Waals surface area contributed by atoms with Gasteiger partial charge < -0.3 is 15.5 Å². The molecule has 0 aliphatic heterocycles. The average Bonchev–Trinajstić information content (AvgIpc) is 2.68. The lowest BCUT2D eigenvalue weighted by Crippen LogP contribution is -2.40. The Bertz CT molecular complexity index is 899. The van der Waals surface area contributed by atoms with Crippen molar-refractivity contribution < 1.29 is 18.0 Å². The van der Waals surface area contributed by atoms with E-state index in [-0.39, 0.29) is 30.1 Å². The summed E-state index contributed by atoms with van der Waals surface area (Å²) in [5.41, 5.74) is -0.793. The van der Waals surface area contributed by atoms with Crippen LogP contribution in [0.15, 0.2) is 30.3 Å². The maximum Gasteiger partial charge on any atom is 0.416 e. The van der Waals surface area contributed by atoms with Gasteiger partial charge in [-0.1, -0.05) is 6.07 Å². The molecule has 0 bridgehead atoms. The summed E-state index contributed by atoms with van der Waals surface area (Å²) in [4.78, 5) is 23.1. The minimum atomic E-state index is -4.47. The SMILES string of the molecule is Cc1nc(NC2CCC(NC(=O)c3cccc(C(F)(F)F)c3)CC2)cc(N(C)C)n1.Cl. The zero-order valence-corrected chi connectivity index (χ0v) is 18.5. The van der Waals surface area contributed by atoms with Crippen molar-refractivity contribution in [2.45, 2.75) is 50.9 Å². The van der Waals surface area contributed by atoms with Crippen LogP contribution in [-0.4, -0.2) is 42.1 Å². The monoisotopic (exact) mass is 457 g/mol. The Hall–Kier alpha value is -2.55. The Labute approximate surface area is 186 Å². The number of nitrogens with one attached hydrogen (secondary N) is 2. The summed E-state index contributed by atoms with van der Waals surface area (Å²) in [6.45, 7) is 1.85. The van der Waals surface area contributed by atoms with E-state index >= 15 is 0 Å². The minimum absolute atomic E-state index is 0. The number of aryl methyl sites for hydroxylation is 1. The van der Waals surface area contributed by atoms with E-state index in [1.807, 2.05) is 32.0 Å². The standard InChI is InChI=1S/C21H26F3N5O.ClH/c1-13-25-18(12-19(26-13)29(2)3)27-16-7-9-17(10-8-16)28-20(30)14-5-4-6-15(11-14)21(22,23)24;/h4-6,11-12,16-17H,7-10H2,1-3H3,(H,28,30)(H,25,26,27);1H. The molecule has 1 aromatic heterocycles. The molecule has 6 nitrogen and oxygen atoms in total. The van der Waals surface area contributed by atoms with Crippen LogP contribution in [0.4, 0.5) is 24.8 Å². The number of aromatic nitrogens is 2. The summed E-state index contributed by atoms with van der Waals surface area (Å²) < 4.78 is 38.6. The summed E-state index contributed by atoms with van der Waals surface area (Å²) in [7, 11) is 3.84. The molecule has 2 N–H and O–H groups in total. The van der Waals surface area contributed by atoms with Crippen LogP contribution in [0.5, 0.6) is 0 Å². The quantitative estimate of drug-likeness (QED) is 0.694. The molecular formula is C21H27ClF3N5O. The van der Waals surface area contributed by atoms with E-state index in [1.54, 1.807) is 0 Å². The molecular weight excluding hydrogens is 431 g/mol. The Morgan fingerprint density at radius 2 is 1.71 bits per heavy atom. The van der Waals surface area contributed by atoms with Gasteiger partial charge in [-0.2, -0.15) is 13.2 Å². The number of anilines is 2. The maximum absolute atomic E-state index is 12.9. The molecule has 31 heavy (non-hydrogen) atoms. The minimum Gasteiger partial charge on any atom is -0.367 e. The predicted octanol–water partition coefficient (Wildman–Crippen LogP) is 4.44. The zero-order chi connectivity index (χ0) is 21.9. The molecule has 1 fully saturated rings. The predicted molar refractivity (Wildman–Crippen MR) is 117 cm³/mol. The van der Waals surface area contributed by atoms with Crippen LogP contribution in [0.25, 0.3) is 0 Å². The van der Waals surface area contributed by atoms with E-state index in [9.17, 15) is 18.0 Å². The van der Waals surface area contributed by atoms with Crippen LogP contribution < -0.4 is 15.5 Å². The first-order chi connectivity index (χ1) is 14.1. The molecule has 1 aromatic carbocycles. The first-order valence-corrected chi connectivity index (χ1v) is 9.89. The molecule has 0 saturated heterocycles. The zero-order valence-electron chi connectivity index (χ0n) is 17.7. The number of hydrogen-bond donors (Lipinski definition) is 2. The topological polar surface area (TPSA) is 70.2 Å². The average molecular weight is 458 g/mol. The summed E-state index contributed by atoms with van der Waals surface area (Å²) >= 11 is 0. The molecule has 0 atom stereocenters. The molecule has 0 unspecified atom stereocenters. The molecule has 3 rings (SSSR count). The van der Waals surface area contributed by atoms with Gasteiger partial charge in [0.15, 0.2) is 0 Å². The third-order valence-electron chi connectivity index (χ3n) is 5.15. The van der Waals surface area contributed by atoms with Crippen LogP contribution in [0.3, 0.4) is 0 Å². The van der Waals surface area contributed by atoms with E-state index in [0.717, 1.165) is 49.5 Å². The largest absolute Gasteiger partial charge is 0.416 e. The Morgan fingerprint density at radius 1 is 1.06 bits per heavy atom. The lowest BCUT2D eigenvalue weighted by molar-refractivity contribution is -0.137. The van der Waals surface area contributed by atoms with Gasteiger partial charge in [-0.05, 0) is 50.8 Å². The van der Waals surface area contributed by atoms with Crippen LogP contribution in [0, 0.1) is 6.92 Å². The number of nitrogens with zero attached hydrogens (tertiary/aromatic N) is 3. The number of benzene rings is 1. The second-order valence-electron chi connectivity index (χ2n) is 7.80. The van der Waals surface area contributed by atoms with Gasteiger partial charge >= 0.3 is 6.18 Å². The first-order valence-electron chi connectivity index (χ1n) is 9.89. The molecule has 1 aliphatic rings. The van der Waals surface area contributed by atoms with Crippen LogP contribution in [-0.2, 0) is 6.18 Å². The van der Waals surface area contributed by atoms with Gasteiger partial charge in [-0.15, -0.1) is 12.4 Å². The van der Waals surface area contributed by atoms with E-state index in [2.05, 4.69) is 20.6 Å². The molecule has 1 amide bonds. The third kappa shape index (κ3) is 6.72. The van der Waals surface area contributed by atoms with Crippen LogP contribution in [0.1, 0.15) is 47.4 Å². The van der Waals surface area contributed by atoms with Crippen molar-refractivity contribution in [2.75, 3.05) is 24.3 Å². The molecule has 170 valence electrons. The van der Waals surface area contributed by atoms with Crippen molar-refractivity contribution in [2.24, 2.45) is 0 Å². The van der Waals surface area contributed by atoms with Crippen molar-refractivity contribution in [1.29, 1.82) is 0 Å². The van der Waals surface area contributed by atoms with Crippen molar-refractivity contribution in [1.82, 2.24) is 15.3 Å². The smallest absolute Gasteiger partial charge is 0.367 e. The van der Waals surface area contributed by atoms with Gasteiger partial charge in [-0.25, -0.2) is 9.97 Å². The number of amides is 1. The molecule has 1 saturated carbocycles. The number of alkyl halides is 3. The molecule has 0 spiro atoms. The van der Waals surface area contributed by atoms with Crippen molar-refractivity contribution in [3.8, 4) is 0 Å². The highest BCUT2D eigenvalue weighted by molar-refractivity contribution is 5.94. The second kappa shape index (κ2) is 10.2. The number of halogens is 4. The first kappa shape index (κ1) is 24.7. The normalized spacial score (nSPS) is 18.6. The highest BCUT2D eigenvalue weighted by atomic mass is 35.5. The maximum atomic E-state index is 12.9. The van der Waals surface area contributed by atoms with Crippen molar-refractivity contribution in [3.63, 3.8) is 0 Å². The lowest BCUT2D eigenvalue weighted by atomic mass is 9.91. The van der Waals surface area contributed by atoms with E-state index in [4.69, 9.17) is 0 Å². The Kier molecular flexibility index (Phi) is 8.11. The van der Waals surface area contributed by atoms with E-state index < -0.39 is 17.6 Å². The van der Waals surface area contributed by atoms with E-state index in [1.165, 1.54) is 12.1 Å². The van der Waals surface area contributed by atoms with Gasteiger partial charge in [0.05, 0.1) is 5.56 Å². The lowest BCUT2D eigenvalue weighted by Gasteiger charge is -2.30. The number of rotatable bonds is 5. The molecule has 2 aromatic rings. The Morgan fingerprint density at radius 3 is 2.32 bits per heavy atom. The molecule has 0 radical (unpaired) electrons. The van der Waals surface area contributed by atoms with Crippen molar-refractivity contribution in [3.05, 3.63) is 47.3 Å². The van der Waals surface area contributed by atoms with Crippen LogP contribution >= 0.6 is 12.4 Å². The number of hydrogen-bond acceptors (Lipinski definition) is 5. The number of carbonyl (C=O) groups excluding carboxylic acids is 1. The number of carbonyl (C=O) groups is 1.